The Bertz CT molecular complexity index is 552. The van der Waals surface area contributed by atoms with Gasteiger partial charge in [-0.2, -0.15) is 0 Å². The number of amides is 1. The highest BCUT2D eigenvalue weighted by molar-refractivity contribution is 5.94. The molecule has 0 spiro atoms. The first-order valence-electron chi connectivity index (χ1n) is 7.50. The summed E-state index contributed by atoms with van der Waals surface area (Å²) < 4.78 is 10.8. The second kappa shape index (κ2) is 6.36. The zero-order valence-electron chi connectivity index (χ0n) is 12.2. The predicted octanol–water partition coefficient (Wildman–Crippen LogP) is 1.40. The van der Waals surface area contributed by atoms with E-state index in [9.17, 15) is 9.59 Å². The van der Waals surface area contributed by atoms with Gasteiger partial charge in [0.05, 0.1) is 19.8 Å². The van der Waals surface area contributed by atoms with Crippen LogP contribution >= 0.6 is 0 Å². The fourth-order valence-corrected chi connectivity index (χ4v) is 2.36. The van der Waals surface area contributed by atoms with Gasteiger partial charge < -0.3 is 19.5 Å². The lowest BCUT2D eigenvalue weighted by Crippen LogP contribution is -2.48. The highest BCUT2D eigenvalue weighted by Crippen LogP contribution is 2.29. The van der Waals surface area contributed by atoms with Crippen LogP contribution in [0.5, 0.6) is 5.75 Å². The molecule has 1 aliphatic heterocycles. The third kappa shape index (κ3) is 3.57. The number of rotatable bonds is 5. The van der Waals surface area contributed by atoms with Crippen molar-refractivity contribution in [3.63, 3.8) is 0 Å². The van der Waals surface area contributed by atoms with Crippen LogP contribution in [-0.4, -0.2) is 54.3 Å². The van der Waals surface area contributed by atoms with Crippen LogP contribution in [0.2, 0.25) is 0 Å². The number of hydrogen-bond acceptors (Lipinski definition) is 4. The quantitative estimate of drug-likeness (QED) is 0.890. The van der Waals surface area contributed by atoms with Gasteiger partial charge in [-0.05, 0) is 43.0 Å². The highest BCUT2D eigenvalue weighted by Gasteiger charge is 2.29. The molecule has 0 unspecified atom stereocenters. The zero-order chi connectivity index (χ0) is 15.5. The van der Waals surface area contributed by atoms with Crippen molar-refractivity contribution < 1.29 is 24.2 Å². The second-order valence-electron chi connectivity index (χ2n) is 5.73. The summed E-state index contributed by atoms with van der Waals surface area (Å²) in [6, 6.07) is 7.00. The maximum Gasteiger partial charge on any atom is 0.334 e. The normalized spacial score (nSPS) is 21.5. The van der Waals surface area contributed by atoms with Crippen molar-refractivity contribution in [1.29, 1.82) is 0 Å². The fourth-order valence-electron chi connectivity index (χ4n) is 2.36. The van der Waals surface area contributed by atoms with Crippen LogP contribution in [0.3, 0.4) is 0 Å². The van der Waals surface area contributed by atoms with Crippen molar-refractivity contribution in [2.45, 2.75) is 18.9 Å². The molecule has 0 bridgehead atoms. The molecular formula is C16H19NO5. The number of hydrogen-bond donors (Lipinski definition) is 1. The molecule has 1 heterocycles. The average molecular weight is 305 g/mol. The van der Waals surface area contributed by atoms with Gasteiger partial charge in [0.25, 0.3) is 5.91 Å². The lowest BCUT2D eigenvalue weighted by Gasteiger charge is -2.30. The van der Waals surface area contributed by atoms with E-state index in [0.717, 1.165) is 12.4 Å². The van der Waals surface area contributed by atoms with Gasteiger partial charge in [0.1, 0.15) is 5.75 Å². The van der Waals surface area contributed by atoms with E-state index in [2.05, 4.69) is 0 Å². The molecule has 0 aromatic heterocycles. The summed E-state index contributed by atoms with van der Waals surface area (Å²) in [7, 11) is 0. The molecule has 1 aliphatic carbocycles. The number of nitrogens with zero attached hydrogens (tertiary/aromatic N) is 1. The van der Waals surface area contributed by atoms with E-state index in [0.29, 0.717) is 18.0 Å². The van der Waals surface area contributed by atoms with Crippen molar-refractivity contribution >= 4 is 11.9 Å². The van der Waals surface area contributed by atoms with E-state index in [4.69, 9.17) is 14.6 Å². The van der Waals surface area contributed by atoms with Gasteiger partial charge in [0.15, 0.2) is 6.10 Å². The van der Waals surface area contributed by atoms with Crippen molar-refractivity contribution in [3.05, 3.63) is 29.8 Å². The third-order valence-corrected chi connectivity index (χ3v) is 3.91. The summed E-state index contributed by atoms with van der Waals surface area (Å²) >= 11 is 0. The fraction of sp³-hybridized carbons (Fsp3) is 0.500. The molecular weight excluding hydrogens is 286 g/mol. The van der Waals surface area contributed by atoms with Gasteiger partial charge in [-0.3, -0.25) is 4.79 Å². The van der Waals surface area contributed by atoms with Crippen molar-refractivity contribution in [1.82, 2.24) is 4.90 Å². The number of carboxylic acids is 1. The molecule has 1 atom stereocenters. The largest absolute Gasteiger partial charge is 0.493 e. The molecule has 1 N–H and O–H groups in total. The molecule has 6 heteroatoms. The summed E-state index contributed by atoms with van der Waals surface area (Å²) in [6.45, 7) is 1.46. The molecule has 118 valence electrons. The third-order valence-electron chi connectivity index (χ3n) is 3.91. The molecule has 3 rings (SSSR count). The Kier molecular flexibility index (Phi) is 4.29. The van der Waals surface area contributed by atoms with Crippen LogP contribution < -0.4 is 4.74 Å². The Morgan fingerprint density at radius 1 is 1.27 bits per heavy atom. The standard InChI is InChI=1S/C16H19NO5/c18-15(17-7-8-21-14(9-17)16(19)20)12-3-5-13(6-4-12)22-10-11-1-2-11/h3-6,11,14H,1-2,7-10H2,(H,19,20)/t14-/m1/s1. The monoisotopic (exact) mass is 305 g/mol. The molecule has 2 aliphatic rings. The maximum absolute atomic E-state index is 12.4. The van der Waals surface area contributed by atoms with Crippen molar-refractivity contribution in [2.24, 2.45) is 5.92 Å². The molecule has 1 saturated heterocycles. The number of aliphatic carboxylic acids is 1. The van der Waals surface area contributed by atoms with Gasteiger partial charge in [0.2, 0.25) is 0 Å². The van der Waals surface area contributed by atoms with Gasteiger partial charge in [-0.25, -0.2) is 4.79 Å². The van der Waals surface area contributed by atoms with Crippen LogP contribution in [-0.2, 0) is 9.53 Å². The van der Waals surface area contributed by atoms with Crippen LogP contribution in [0.25, 0.3) is 0 Å². The molecule has 1 saturated carbocycles. The Morgan fingerprint density at radius 2 is 2.00 bits per heavy atom. The number of ether oxygens (including phenoxy) is 2. The predicted molar refractivity (Wildman–Crippen MR) is 77.9 cm³/mol. The van der Waals surface area contributed by atoms with Crippen molar-refractivity contribution in [3.8, 4) is 5.75 Å². The molecule has 1 aromatic rings. The van der Waals surface area contributed by atoms with Gasteiger partial charge >= 0.3 is 5.97 Å². The number of carboxylic acid groups (broad SMARTS) is 1. The van der Waals surface area contributed by atoms with E-state index in [1.54, 1.807) is 24.3 Å². The molecule has 2 fully saturated rings. The van der Waals surface area contributed by atoms with E-state index in [1.807, 2.05) is 0 Å². The smallest absolute Gasteiger partial charge is 0.334 e. The Hall–Kier alpha value is -2.08. The summed E-state index contributed by atoms with van der Waals surface area (Å²) in [6.07, 6.45) is 1.52. The van der Waals surface area contributed by atoms with Gasteiger partial charge in [-0.15, -0.1) is 0 Å². The minimum Gasteiger partial charge on any atom is -0.493 e. The number of carbonyl (C=O) groups excluding carboxylic acids is 1. The molecule has 0 radical (unpaired) electrons. The summed E-state index contributed by atoms with van der Waals surface area (Å²) in [5, 5.41) is 8.97. The summed E-state index contributed by atoms with van der Waals surface area (Å²) in [5.74, 6) is 0.223. The Balaban J connectivity index is 1.59. The van der Waals surface area contributed by atoms with Crippen LogP contribution in [0, 0.1) is 5.92 Å². The minimum absolute atomic E-state index is 0.0775. The Morgan fingerprint density at radius 3 is 2.64 bits per heavy atom. The number of carbonyl (C=O) groups is 2. The number of morpholine rings is 1. The second-order valence-corrected chi connectivity index (χ2v) is 5.73. The summed E-state index contributed by atoms with van der Waals surface area (Å²) in [5.41, 5.74) is 0.532. The van der Waals surface area contributed by atoms with E-state index < -0.39 is 12.1 Å². The SMILES string of the molecule is O=C(O)[C@H]1CN(C(=O)c2ccc(OCC3CC3)cc2)CCO1. The molecule has 1 amide bonds. The first kappa shape index (κ1) is 14.8. The van der Waals surface area contributed by atoms with Crippen LogP contribution in [0.15, 0.2) is 24.3 Å². The zero-order valence-corrected chi connectivity index (χ0v) is 12.2. The topological polar surface area (TPSA) is 76.1 Å². The van der Waals surface area contributed by atoms with Crippen LogP contribution in [0.4, 0.5) is 0 Å². The minimum atomic E-state index is -1.04. The van der Waals surface area contributed by atoms with E-state index in [-0.39, 0.29) is 19.1 Å². The van der Waals surface area contributed by atoms with E-state index in [1.165, 1.54) is 17.7 Å². The van der Waals surface area contributed by atoms with Gasteiger partial charge in [0, 0.05) is 12.1 Å². The molecule has 1 aromatic carbocycles. The molecule has 22 heavy (non-hydrogen) atoms. The lowest BCUT2D eigenvalue weighted by molar-refractivity contribution is -0.154. The first-order chi connectivity index (χ1) is 10.6. The lowest BCUT2D eigenvalue weighted by atomic mass is 10.1. The van der Waals surface area contributed by atoms with Gasteiger partial charge in [-0.1, -0.05) is 0 Å². The first-order valence-corrected chi connectivity index (χ1v) is 7.50. The molecule has 6 nitrogen and oxygen atoms in total. The van der Waals surface area contributed by atoms with Crippen LogP contribution in [0.1, 0.15) is 23.2 Å². The van der Waals surface area contributed by atoms with Crippen molar-refractivity contribution in [2.75, 3.05) is 26.3 Å². The summed E-state index contributed by atoms with van der Waals surface area (Å²) in [4.78, 5) is 24.9. The highest BCUT2D eigenvalue weighted by atomic mass is 16.5. The average Bonchev–Trinajstić information content (AvgIpc) is 3.37. The maximum atomic E-state index is 12.4. The Labute approximate surface area is 128 Å². The number of benzene rings is 1. The van der Waals surface area contributed by atoms with E-state index >= 15 is 0 Å².